The van der Waals surface area contributed by atoms with Crippen LogP contribution in [0.15, 0.2) is 33.2 Å². The van der Waals surface area contributed by atoms with Crippen molar-refractivity contribution in [1.29, 1.82) is 5.26 Å². The van der Waals surface area contributed by atoms with Gasteiger partial charge in [0.15, 0.2) is 5.54 Å². The molecule has 2 heterocycles. The number of hydrogen-bond acceptors (Lipinski definition) is 8. The van der Waals surface area contributed by atoms with Crippen molar-refractivity contribution < 1.29 is 19.7 Å². The van der Waals surface area contributed by atoms with Crippen molar-refractivity contribution in [3.63, 3.8) is 0 Å². The molecule has 1 fully saturated rings. The Labute approximate surface area is 147 Å². The number of ether oxygens (including phenoxy) is 1. The molecule has 10 heteroatoms. The highest BCUT2D eigenvalue weighted by atomic mass is 16.5. The topological polar surface area (TPSA) is 157 Å². The maximum Gasteiger partial charge on any atom is 0.329 e. The summed E-state index contributed by atoms with van der Waals surface area (Å²) in [4.78, 5) is 37.2. The third kappa shape index (κ3) is 2.91. The van der Waals surface area contributed by atoms with Crippen LogP contribution in [0.4, 0.5) is 0 Å². The molecule has 1 aliphatic heterocycles. The van der Waals surface area contributed by atoms with Crippen LogP contribution in [0, 0.1) is 11.3 Å². The molecule has 1 aromatic rings. The predicted octanol–water partition coefficient (Wildman–Crippen LogP) is -1.37. The van der Waals surface area contributed by atoms with Crippen molar-refractivity contribution in [2.75, 3.05) is 13.2 Å². The second kappa shape index (κ2) is 6.78. The van der Waals surface area contributed by atoms with Gasteiger partial charge in [0.2, 0.25) is 0 Å². The lowest BCUT2D eigenvalue weighted by Gasteiger charge is -2.27. The summed E-state index contributed by atoms with van der Waals surface area (Å²) in [7, 11) is 0. The molecule has 0 radical (unpaired) electrons. The molecule has 0 bridgehead atoms. The van der Waals surface area contributed by atoms with E-state index in [9.17, 15) is 29.9 Å². The number of nitrogens with one attached hydrogen (secondary N) is 2. The Kier molecular flexibility index (Phi) is 4.67. The first-order valence-corrected chi connectivity index (χ1v) is 8.12. The first-order valence-electron chi connectivity index (χ1n) is 8.12. The van der Waals surface area contributed by atoms with Crippen LogP contribution in [0.1, 0.15) is 19.3 Å². The highest BCUT2D eigenvalue weighted by molar-refractivity contribution is 5.76. The number of rotatable bonds is 4. The van der Waals surface area contributed by atoms with E-state index >= 15 is 0 Å². The molecular weight excluding hydrogens is 344 g/mol. The maximum absolute atomic E-state index is 12.0. The highest BCUT2D eigenvalue weighted by Crippen LogP contribution is 2.38. The first-order chi connectivity index (χ1) is 12.4. The summed E-state index contributed by atoms with van der Waals surface area (Å²) in [6, 6.07) is 2.47. The summed E-state index contributed by atoms with van der Waals surface area (Å²) in [5.41, 5.74) is -3.23. The van der Waals surface area contributed by atoms with Gasteiger partial charge in [-0.05, 0) is 19.4 Å². The Morgan fingerprint density at radius 1 is 1.50 bits per heavy atom. The van der Waals surface area contributed by atoms with E-state index in [1.54, 1.807) is 0 Å². The lowest BCUT2D eigenvalue weighted by molar-refractivity contribution is -0.144. The molecule has 138 valence electrons. The SMILES string of the molecule is N#C[C@@]1(n2ccc(=O)[nH]c2=O)CC(COC(=O)[C@H]2CCCN2)=C(O)C1O. The Morgan fingerprint density at radius 2 is 2.27 bits per heavy atom. The first kappa shape index (κ1) is 17.9. The third-order valence-electron chi connectivity index (χ3n) is 4.74. The molecule has 3 rings (SSSR count). The predicted molar refractivity (Wildman–Crippen MR) is 87.2 cm³/mol. The zero-order valence-electron chi connectivity index (χ0n) is 13.8. The lowest BCUT2D eigenvalue weighted by Crippen LogP contribution is -2.48. The molecule has 0 spiro atoms. The smallest absolute Gasteiger partial charge is 0.329 e. The molecule has 0 saturated carbocycles. The molecule has 3 atom stereocenters. The van der Waals surface area contributed by atoms with Gasteiger partial charge in [-0.2, -0.15) is 5.26 Å². The molecule has 1 saturated heterocycles. The number of H-pyrrole nitrogens is 1. The third-order valence-corrected chi connectivity index (χ3v) is 4.74. The minimum atomic E-state index is -1.83. The number of hydrogen-bond donors (Lipinski definition) is 4. The number of nitriles is 1. The number of aromatic nitrogens is 2. The van der Waals surface area contributed by atoms with Gasteiger partial charge in [-0.25, -0.2) is 4.79 Å². The van der Waals surface area contributed by atoms with E-state index in [1.165, 1.54) is 0 Å². The van der Waals surface area contributed by atoms with Gasteiger partial charge in [0.1, 0.15) is 24.5 Å². The van der Waals surface area contributed by atoms with E-state index in [-0.39, 0.29) is 18.6 Å². The molecule has 4 N–H and O–H groups in total. The normalized spacial score (nSPS) is 28.2. The van der Waals surface area contributed by atoms with Gasteiger partial charge in [0.25, 0.3) is 5.56 Å². The van der Waals surface area contributed by atoms with Gasteiger partial charge < -0.3 is 20.3 Å². The van der Waals surface area contributed by atoms with Gasteiger partial charge in [0, 0.05) is 24.3 Å². The summed E-state index contributed by atoms with van der Waals surface area (Å²) in [5.74, 6) is -0.996. The molecule has 0 aromatic carbocycles. The van der Waals surface area contributed by atoms with Crippen LogP contribution in [-0.4, -0.2) is 51.0 Å². The highest BCUT2D eigenvalue weighted by Gasteiger charge is 2.50. The standard InChI is InChI=1S/C16H18N4O6/c17-8-16(20-5-3-11(21)19-15(20)25)6-9(12(22)13(16)23)7-26-14(24)10-2-1-4-18-10/h3,5,10,13,18,22-23H,1-2,4,6-7H2,(H,19,21,25)/t10-,13?,16+/m1/s1. The summed E-state index contributed by atoms with van der Waals surface area (Å²) in [6.07, 6.45) is 0.668. The number of aliphatic hydroxyl groups excluding tert-OH is 2. The zero-order valence-corrected chi connectivity index (χ0v) is 13.8. The fourth-order valence-electron chi connectivity index (χ4n) is 3.30. The number of carbonyl (C=O) groups is 1. The van der Waals surface area contributed by atoms with Gasteiger partial charge in [0.05, 0.1) is 6.07 Å². The molecule has 1 unspecified atom stereocenters. The lowest BCUT2D eigenvalue weighted by atomic mass is 9.94. The van der Waals surface area contributed by atoms with Crippen molar-refractivity contribution in [3.05, 3.63) is 44.4 Å². The Morgan fingerprint density at radius 3 is 2.88 bits per heavy atom. The molecule has 1 aliphatic carbocycles. The van der Waals surface area contributed by atoms with Crippen LogP contribution >= 0.6 is 0 Å². The summed E-state index contributed by atoms with van der Waals surface area (Å²) in [6.45, 7) is 0.417. The minimum Gasteiger partial charge on any atom is -0.509 e. The molecule has 1 aromatic heterocycles. The van der Waals surface area contributed by atoms with Crippen LogP contribution in [0.2, 0.25) is 0 Å². The maximum atomic E-state index is 12.0. The molecular formula is C16H18N4O6. The van der Waals surface area contributed by atoms with Gasteiger partial charge >= 0.3 is 11.7 Å². The van der Waals surface area contributed by atoms with Crippen LogP contribution in [0.25, 0.3) is 0 Å². The molecule has 26 heavy (non-hydrogen) atoms. The van der Waals surface area contributed by atoms with Crippen molar-refractivity contribution >= 4 is 5.97 Å². The van der Waals surface area contributed by atoms with Crippen molar-refractivity contribution in [2.45, 2.75) is 36.9 Å². The van der Waals surface area contributed by atoms with Crippen LogP contribution in [0.5, 0.6) is 0 Å². The summed E-state index contributed by atoms with van der Waals surface area (Å²) in [5, 5.41) is 33.1. The van der Waals surface area contributed by atoms with Crippen LogP contribution in [-0.2, 0) is 15.1 Å². The van der Waals surface area contributed by atoms with E-state index < -0.39 is 40.7 Å². The summed E-state index contributed by atoms with van der Waals surface area (Å²) < 4.78 is 6.03. The molecule has 10 nitrogen and oxygen atoms in total. The zero-order chi connectivity index (χ0) is 18.9. The summed E-state index contributed by atoms with van der Waals surface area (Å²) >= 11 is 0. The van der Waals surface area contributed by atoms with E-state index in [0.29, 0.717) is 6.42 Å². The Balaban J connectivity index is 1.82. The van der Waals surface area contributed by atoms with E-state index in [0.717, 1.165) is 29.8 Å². The van der Waals surface area contributed by atoms with Crippen LogP contribution in [0.3, 0.4) is 0 Å². The number of aliphatic hydroxyl groups is 2. The fraction of sp³-hybridized carbons (Fsp3) is 0.500. The van der Waals surface area contributed by atoms with Gasteiger partial charge in [-0.3, -0.25) is 19.1 Å². The van der Waals surface area contributed by atoms with Crippen molar-refractivity contribution in [3.8, 4) is 6.07 Å². The Bertz CT molecular complexity index is 904. The average Bonchev–Trinajstić information content (AvgIpc) is 3.23. The number of nitrogens with zero attached hydrogens (tertiary/aromatic N) is 2. The second-order valence-corrected chi connectivity index (χ2v) is 6.34. The quantitative estimate of drug-likeness (QED) is 0.478. The Hall–Kier alpha value is -2.90. The number of carbonyl (C=O) groups excluding carboxylic acids is 1. The van der Waals surface area contributed by atoms with E-state index in [2.05, 4.69) is 5.32 Å². The van der Waals surface area contributed by atoms with Crippen LogP contribution < -0.4 is 16.6 Å². The van der Waals surface area contributed by atoms with E-state index in [1.807, 2.05) is 11.1 Å². The number of esters is 1. The van der Waals surface area contributed by atoms with Gasteiger partial charge in [-0.15, -0.1) is 0 Å². The average molecular weight is 362 g/mol. The fourth-order valence-corrected chi connectivity index (χ4v) is 3.30. The van der Waals surface area contributed by atoms with E-state index in [4.69, 9.17) is 4.74 Å². The van der Waals surface area contributed by atoms with Gasteiger partial charge in [-0.1, -0.05) is 0 Å². The number of aromatic amines is 1. The minimum absolute atomic E-state index is 0.142. The van der Waals surface area contributed by atoms with Crippen molar-refractivity contribution in [1.82, 2.24) is 14.9 Å². The monoisotopic (exact) mass is 362 g/mol. The second-order valence-electron chi connectivity index (χ2n) is 6.34. The largest absolute Gasteiger partial charge is 0.509 e. The molecule has 2 aliphatic rings. The molecule has 0 amide bonds. The van der Waals surface area contributed by atoms with Crippen molar-refractivity contribution in [2.24, 2.45) is 0 Å².